The molecule has 1 saturated heterocycles. The molecule has 0 unspecified atom stereocenters. The molecule has 0 spiro atoms. The topological polar surface area (TPSA) is 73.8 Å². The van der Waals surface area contributed by atoms with Crippen molar-refractivity contribution < 1.29 is 14.6 Å². The van der Waals surface area contributed by atoms with Gasteiger partial charge in [-0.25, -0.2) is 0 Å². The fraction of sp³-hybridized carbons (Fsp3) is 0.240. The van der Waals surface area contributed by atoms with E-state index in [0.717, 1.165) is 37.3 Å². The summed E-state index contributed by atoms with van der Waals surface area (Å²) in [5, 5.41) is 16.0. The number of nitrogens with zero attached hydrogens (tertiary/aromatic N) is 1. The maximum atomic E-state index is 12.6. The van der Waals surface area contributed by atoms with E-state index < -0.39 is 0 Å². The van der Waals surface area contributed by atoms with Gasteiger partial charge in [0.2, 0.25) is 5.91 Å². The normalized spacial score (nSPS) is 14.2. The molecule has 0 saturated carbocycles. The van der Waals surface area contributed by atoms with E-state index in [4.69, 9.17) is 4.74 Å². The Labute approximate surface area is 182 Å². The quantitative estimate of drug-likeness (QED) is 0.528. The molecule has 0 aromatic heterocycles. The molecule has 31 heavy (non-hydrogen) atoms. The van der Waals surface area contributed by atoms with Gasteiger partial charge in [0.05, 0.1) is 29.7 Å². The molecule has 160 valence electrons. The van der Waals surface area contributed by atoms with Gasteiger partial charge in [-0.05, 0) is 49.2 Å². The molecule has 0 bridgehead atoms. The highest BCUT2D eigenvalue weighted by Gasteiger charge is 2.19. The van der Waals surface area contributed by atoms with Gasteiger partial charge in [-0.15, -0.1) is 0 Å². The van der Waals surface area contributed by atoms with Crippen LogP contribution in [0.1, 0.15) is 12.8 Å². The molecule has 3 N–H and O–H groups in total. The van der Waals surface area contributed by atoms with Gasteiger partial charge >= 0.3 is 0 Å². The van der Waals surface area contributed by atoms with E-state index in [-0.39, 0.29) is 18.6 Å². The number of hydrogen-bond acceptors (Lipinski definition) is 5. The van der Waals surface area contributed by atoms with Crippen LogP contribution in [-0.2, 0) is 4.79 Å². The Hall–Kier alpha value is -3.51. The number of nitrogens with one attached hydrogen (secondary N) is 2. The van der Waals surface area contributed by atoms with Crippen LogP contribution in [0.4, 0.5) is 17.1 Å². The van der Waals surface area contributed by atoms with Crippen LogP contribution in [0.15, 0.2) is 78.9 Å². The summed E-state index contributed by atoms with van der Waals surface area (Å²) in [5.41, 5.74) is 2.58. The molecule has 1 aliphatic rings. The highest BCUT2D eigenvalue weighted by molar-refractivity contribution is 5.95. The highest BCUT2D eigenvalue weighted by Crippen LogP contribution is 2.30. The van der Waals surface area contributed by atoms with Gasteiger partial charge in [0.1, 0.15) is 5.75 Å². The largest absolute Gasteiger partial charge is 0.455 e. The Morgan fingerprint density at radius 1 is 0.903 bits per heavy atom. The molecule has 0 atom stereocenters. The number of hydrogen-bond donors (Lipinski definition) is 3. The number of carbonyl (C=O) groups is 1. The molecular formula is C25H27N3O3. The number of aliphatic hydroxyl groups is 1. The molecule has 0 aliphatic carbocycles. The number of anilines is 3. The summed E-state index contributed by atoms with van der Waals surface area (Å²) < 4.78 is 5.92. The lowest BCUT2D eigenvalue weighted by atomic mass is 10.1. The summed E-state index contributed by atoms with van der Waals surface area (Å²) in [5.74, 6) is 1.14. The summed E-state index contributed by atoms with van der Waals surface area (Å²) in [7, 11) is 0. The minimum absolute atomic E-state index is 0.132. The van der Waals surface area contributed by atoms with Crippen molar-refractivity contribution in [3.8, 4) is 11.5 Å². The number of aliphatic hydroxyl groups excluding tert-OH is 1. The Morgan fingerprint density at radius 3 is 2.32 bits per heavy atom. The van der Waals surface area contributed by atoms with E-state index in [1.807, 2.05) is 78.9 Å². The second-order valence-electron chi connectivity index (χ2n) is 7.55. The van der Waals surface area contributed by atoms with Crippen molar-refractivity contribution in [2.24, 2.45) is 0 Å². The summed E-state index contributed by atoms with van der Waals surface area (Å²) in [6.45, 7) is 1.74. The van der Waals surface area contributed by atoms with Gasteiger partial charge in [-0.1, -0.05) is 42.5 Å². The standard InChI is InChI=1S/C25H27N3O3/c29-19-14-16-28(17-15-19)23-12-6-4-10-21(23)26-18-25(30)27-22-11-5-7-13-24(22)31-20-8-2-1-3-9-20/h1-13,19,26,29H,14-18H2,(H,27,30). The lowest BCUT2D eigenvalue weighted by molar-refractivity contribution is -0.114. The molecule has 3 aromatic rings. The van der Waals surface area contributed by atoms with Crippen molar-refractivity contribution in [1.29, 1.82) is 0 Å². The zero-order valence-electron chi connectivity index (χ0n) is 17.3. The van der Waals surface area contributed by atoms with Crippen LogP contribution in [0.25, 0.3) is 0 Å². The summed E-state index contributed by atoms with van der Waals surface area (Å²) in [4.78, 5) is 14.9. The van der Waals surface area contributed by atoms with Crippen LogP contribution >= 0.6 is 0 Å². The number of benzene rings is 3. The monoisotopic (exact) mass is 417 g/mol. The Balaban J connectivity index is 1.39. The highest BCUT2D eigenvalue weighted by atomic mass is 16.5. The summed E-state index contributed by atoms with van der Waals surface area (Å²) in [6, 6.07) is 24.8. The number of carbonyl (C=O) groups excluding carboxylic acids is 1. The Kier molecular flexibility index (Phi) is 6.69. The fourth-order valence-corrected chi connectivity index (χ4v) is 3.65. The van der Waals surface area contributed by atoms with E-state index in [1.165, 1.54) is 0 Å². The molecule has 6 heteroatoms. The van der Waals surface area contributed by atoms with Crippen molar-refractivity contribution in [2.45, 2.75) is 18.9 Å². The van der Waals surface area contributed by atoms with E-state index >= 15 is 0 Å². The van der Waals surface area contributed by atoms with E-state index in [2.05, 4.69) is 15.5 Å². The predicted molar refractivity (Wildman–Crippen MR) is 124 cm³/mol. The van der Waals surface area contributed by atoms with Crippen molar-refractivity contribution in [3.05, 3.63) is 78.9 Å². The first kappa shape index (κ1) is 20.8. The van der Waals surface area contributed by atoms with Gasteiger partial charge in [0.25, 0.3) is 0 Å². The lowest BCUT2D eigenvalue weighted by Gasteiger charge is -2.32. The Bertz CT molecular complexity index is 1000. The molecule has 1 amide bonds. The van der Waals surface area contributed by atoms with Crippen LogP contribution < -0.4 is 20.3 Å². The van der Waals surface area contributed by atoms with E-state index in [9.17, 15) is 9.90 Å². The zero-order chi connectivity index (χ0) is 21.5. The second kappa shape index (κ2) is 10.00. The molecule has 3 aromatic carbocycles. The smallest absolute Gasteiger partial charge is 0.243 e. The first-order chi connectivity index (χ1) is 15.2. The molecular weight excluding hydrogens is 390 g/mol. The average molecular weight is 418 g/mol. The maximum absolute atomic E-state index is 12.6. The molecule has 1 fully saturated rings. The van der Waals surface area contributed by atoms with Crippen molar-refractivity contribution in [3.63, 3.8) is 0 Å². The van der Waals surface area contributed by atoms with Gasteiger partial charge in [0.15, 0.2) is 5.75 Å². The molecule has 0 radical (unpaired) electrons. The van der Waals surface area contributed by atoms with Crippen LogP contribution in [0.5, 0.6) is 11.5 Å². The first-order valence-corrected chi connectivity index (χ1v) is 10.6. The number of rotatable bonds is 7. The molecule has 1 heterocycles. The summed E-state index contributed by atoms with van der Waals surface area (Å²) in [6.07, 6.45) is 1.29. The first-order valence-electron chi connectivity index (χ1n) is 10.6. The van der Waals surface area contributed by atoms with Gasteiger partial charge in [-0.3, -0.25) is 4.79 Å². The third-order valence-electron chi connectivity index (χ3n) is 5.28. The number of para-hydroxylation sites is 5. The molecule has 6 nitrogen and oxygen atoms in total. The average Bonchev–Trinajstić information content (AvgIpc) is 2.80. The predicted octanol–water partition coefficient (Wildman–Crippen LogP) is 4.49. The molecule has 1 aliphatic heterocycles. The number of ether oxygens (including phenoxy) is 1. The summed E-state index contributed by atoms with van der Waals surface area (Å²) >= 11 is 0. The zero-order valence-corrected chi connectivity index (χ0v) is 17.3. The van der Waals surface area contributed by atoms with Crippen LogP contribution in [0.3, 0.4) is 0 Å². The Morgan fingerprint density at radius 2 is 1.55 bits per heavy atom. The van der Waals surface area contributed by atoms with Crippen LogP contribution in [0, 0.1) is 0 Å². The van der Waals surface area contributed by atoms with Crippen molar-refractivity contribution in [1.82, 2.24) is 0 Å². The molecule has 4 rings (SSSR count). The maximum Gasteiger partial charge on any atom is 0.243 e. The number of amides is 1. The van der Waals surface area contributed by atoms with Crippen molar-refractivity contribution >= 4 is 23.0 Å². The fourth-order valence-electron chi connectivity index (χ4n) is 3.65. The number of piperidine rings is 1. The van der Waals surface area contributed by atoms with E-state index in [1.54, 1.807) is 0 Å². The minimum Gasteiger partial charge on any atom is -0.455 e. The van der Waals surface area contributed by atoms with Crippen LogP contribution in [0.2, 0.25) is 0 Å². The van der Waals surface area contributed by atoms with Crippen LogP contribution in [-0.4, -0.2) is 36.8 Å². The van der Waals surface area contributed by atoms with Gasteiger partial charge < -0.3 is 25.4 Å². The van der Waals surface area contributed by atoms with Gasteiger partial charge in [0, 0.05) is 13.1 Å². The SMILES string of the molecule is O=C(CNc1ccccc1N1CCC(O)CC1)Nc1ccccc1Oc1ccccc1. The van der Waals surface area contributed by atoms with Gasteiger partial charge in [-0.2, -0.15) is 0 Å². The minimum atomic E-state index is -0.222. The second-order valence-corrected chi connectivity index (χ2v) is 7.55. The lowest BCUT2D eigenvalue weighted by Crippen LogP contribution is -2.36. The third kappa shape index (κ3) is 5.55. The van der Waals surface area contributed by atoms with E-state index in [0.29, 0.717) is 17.2 Å². The third-order valence-corrected chi connectivity index (χ3v) is 5.28. The van der Waals surface area contributed by atoms with Crippen molar-refractivity contribution in [2.75, 3.05) is 35.2 Å².